The number of nitriles is 1. The molecule has 2 aliphatic rings. The highest BCUT2D eigenvalue weighted by Crippen LogP contribution is 2.52. The third-order valence-corrected chi connectivity index (χ3v) is 7.09. The van der Waals surface area contributed by atoms with Crippen LogP contribution in [-0.2, 0) is 4.79 Å². The van der Waals surface area contributed by atoms with E-state index in [1.54, 1.807) is 17.0 Å². The molecule has 38 heavy (non-hydrogen) atoms. The highest BCUT2D eigenvalue weighted by molar-refractivity contribution is 6.33. The first-order chi connectivity index (χ1) is 18.0. The Balaban J connectivity index is 2.03. The molecule has 1 heterocycles. The zero-order valence-electron chi connectivity index (χ0n) is 21.6. The molecule has 1 unspecified atom stereocenters. The number of nitrogens with two attached hydrogens (primary N) is 1. The lowest BCUT2D eigenvalue weighted by atomic mass is 9.68. The first-order valence-corrected chi connectivity index (χ1v) is 12.1. The summed E-state index contributed by atoms with van der Waals surface area (Å²) in [5.74, 6) is 0.230. The number of hydrogen-bond acceptors (Lipinski definition) is 9. The van der Waals surface area contributed by atoms with Crippen molar-refractivity contribution in [3.63, 3.8) is 0 Å². The molecule has 1 atom stereocenters. The molecule has 2 N–H and O–H groups in total. The van der Waals surface area contributed by atoms with E-state index in [1.165, 1.54) is 39.5 Å². The van der Waals surface area contributed by atoms with Crippen LogP contribution in [0.2, 0.25) is 5.02 Å². The number of nitrogens with zero attached hydrogens (tertiary/aromatic N) is 3. The van der Waals surface area contributed by atoms with Gasteiger partial charge in [-0.05, 0) is 35.6 Å². The van der Waals surface area contributed by atoms with E-state index in [0.717, 1.165) is 0 Å². The molecule has 1 aliphatic carbocycles. The average molecular weight is 539 g/mol. The van der Waals surface area contributed by atoms with Gasteiger partial charge in [0, 0.05) is 29.8 Å². The summed E-state index contributed by atoms with van der Waals surface area (Å²) in [6.07, 6.45) is 0.703. The van der Waals surface area contributed by atoms with Gasteiger partial charge in [0.15, 0.2) is 17.3 Å². The molecule has 0 aromatic heterocycles. The number of hydrogen-bond donors (Lipinski definition) is 1. The van der Waals surface area contributed by atoms with E-state index in [0.29, 0.717) is 46.2 Å². The number of nitro groups is 1. The van der Waals surface area contributed by atoms with Crippen LogP contribution < -0.4 is 24.8 Å². The van der Waals surface area contributed by atoms with Crippen molar-refractivity contribution >= 4 is 28.8 Å². The number of non-ortho nitro benzene ring substituents is 1. The van der Waals surface area contributed by atoms with Crippen LogP contribution in [0.3, 0.4) is 0 Å². The van der Waals surface area contributed by atoms with Crippen LogP contribution in [0.25, 0.3) is 0 Å². The first kappa shape index (κ1) is 26.8. The Morgan fingerprint density at radius 1 is 1.13 bits per heavy atom. The smallest absolute Gasteiger partial charge is 0.271 e. The summed E-state index contributed by atoms with van der Waals surface area (Å²) in [6, 6.07) is 9.58. The second-order valence-corrected chi connectivity index (χ2v) is 10.2. The molecule has 0 fully saturated rings. The minimum absolute atomic E-state index is 0.0633. The summed E-state index contributed by atoms with van der Waals surface area (Å²) < 4.78 is 16.5. The number of ketones is 1. The molecule has 1 aliphatic heterocycles. The fraction of sp³-hybridized carbons (Fsp3) is 0.333. The van der Waals surface area contributed by atoms with Crippen LogP contribution >= 0.6 is 11.6 Å². The summed E-state index contributed by atoms with van der Waals surface area (Å²) in [6.45, 7) is 3.94. The molecule has 0 radical (unpaired) electrons. The Hall–Kier alpha value is -4.23. The van der Waals surface area contributed by atoms with Crippen molar-refractivity contribution in [1.82, 2.24) is 0 Å². The van der Waals surface area contributed by atoms with Crippen LogP contribution in [0.1, 0.15) is 38.2 Å². The molecule has 2 aromatic rings. The van der Waals surface area contributed by atoms with Crippen LogP contribution in [0.5, 0.6) is 17.2 Å². The van der Waals surface area contributed by atoms with Gasteiger partial charge >= 0.3 is 0 Å². The van der Waals surface area contributed by atoms with Gasteiger partial charge < -0.3 is 19.9 Å². The van der Waals surface area contributed by atoms with Gasteiger partial charge in [0.1, 0.15) is 5.82 Å². The number of ether oxygens (including phenoxy) is 3. The van der Waals surface area contributed by atoms with E-state index in [2.05, 4.69) is 6.07 Å². The summed E-state index contributed by atoms with van der Waals surface area (Å²) in [4.78, 5) is 26.1. The van der Waals surface area contributed by atoms with Crippen molar-refractivity contribution in [2.75, 3.05) is 26.2 Å². The van der Waals surface area contributed by atoms with Gasteiger partial charge in [-0.3, -0.25) is 19.8 Å². The number of carbonyl (C=O) groups is 1. The SMILES string of the molecule is COc1cc(C2C(C#N)=C(N)N(c3ccc([N+](=O)[O-])cc3Cl)C3=C2C(=O)CC(C)(C)C3)cc(OC)c1OC. The summed E-state index contributed by atoms with van der Waals surface area (Å²) >= 11 is 6.51. The maximum Gasteiger partial charge on any atom is 0.271 e. The molecule has 10 nitrogen and oxygen atoms in total. The molecule has 0 spiro atoms. The van der Waals surface area contributed by atoms with E-state index in [1.807, 2.05) is 13.8 Å². The second-order valence-electron chi connectivity index (χ2n) is 9.83. The number of methoxy groups -OCH3 is 3. The Morgan fingerprint density at radius 3 is 2.26 bits per heavy atom. The quantitative estimate of drug-likeness (QED) is 0.387. The molecule has 0 saturated heterocycles. The van der Waals surface area contributed by atoms with Crippen LogP contribution in [0.4, 0.5) is 11.4 Å². The summed E-state index contributed by atoms with van der Waals surface area (Å²) in [7, 11) is 4.45. The standard InChI is InChI=1S/C27H27ClN4O6/c1-27(2)11-19-24(20(33)12-27)23(14-8-21(36-3)25(38-5)22(9-14)37-4)16(13-29)26(30)31(19)18-7-6-15(32(34)35)10-17(18)28/h6-10,23H,11-12,30H2,1-5H3. The zero-order valence-corrected chi connectivity index (χ0v) is 22.4. The largest absolute Gasteiger partial charge is 0.493 e. The third kappa shape index (κ3) is 4.39. The Bertz CT molecular complexity index is 1430. The first-order valence-electron chi connectivity index (χ1n) is 11.7. The van der Waals surface area contributed by atoms with E-state index in [-0.39, 0.29) is 34.3 Å². The lowest BCUT2D eigenvalue weighted by molar-refractivity contribution is -0.384. The molecule has 11 heteroatoms. The van der Waals surface area contributed by atoms with Crippen molar-refractivity contribution in [1.29, 1.82) is 5.26 Å². The molecule has 198 valence electrons. The van der Waals surface area contributed by atoms with Crippen LogP contribution in [0.15, 0.2) is 53.0 Å². The molecule has 0 amide bonds. The third-order valence-electron chi connectivity index (χ3n) is 6.78. The van der Waals surface area contributed by atoms with Gasteiger partial charge in [-0.1, -0.05) is 25.4 Å². The number of rotatable bonds is 6. The maximum atomic E-state index is 13.8. The number of benzene rings is 2. The predicted octanol–water partition coefficient (Wildman–Crippen LogP) is 5.21. The van der Waals surface area contributed by atoms with Crippen molar-refractivity contribution in [3.8, 4) is 23.3 Å². The normalized spacial score (nSPS) is 18.6. The van der Waals surface area contributed by atoms with Crippen molar-refractivity contribution in [2.24, 2.45) is 11.1 Å². The van der Waals surface area contributed by atoms with Gasteiger partial charge in [0.25, 0.3) is 5.69 Å². The monoisotopic (exact) mass is 538 g/mol. The van der Waals surface area contributed by atoms with Crippen molar-refractivity contribution in [3.05, 3.63) is 73.7 Å². The minimum atomic E-state index is -0.805. The number of anilines is 1. The van der Waals surface area contributed by atoms with E-state index < -0.39 is 16.3 Å². The fourth-order valence-corrected chi connectivity index (χ4v) is 5.44. The average Bonchev–Trinajstić information content (AvgIpc) is 2.86. The lowest BCUT2D eigenvalue weighted by Gasteiger charge is -2.44. The predicted molar refractivity (Wildman–Crippen MR) is 141 cm³/mol. The summed E-state index contributed by atoms with van der Waals surface area (Å²) in [5.41, 5.74) is 8.06. The van der Waals surface area contributed by atoms with E-state index in [4.69, 9.17) is 31.5 Å². The van der Waals surface area contributed by atoms with Gasteiger partial charge in [-0.2, -0.15) is 5.26 Å². The van der Waals surface area contributed by atoms with Gasteiger partial charge in [0.2, 0.25) is 5.75 Å². The highest BCUT2D eigenvalue weighted by atomic mass is 35.5. The summed E-state index contributed by atoms with van der Waals surface area (Å²) in [5, 5.41) is 21.7. The van der Waals surface area contributed by atoms with E-state index >= 15 is 0 Å². The Labute approximate surface area is 225 Å². The maximum absolute atomic E-state index is 13.8. The van der Waals surface area contributed by atoms with Gasteiger partial charge in [-0.25, -0.2) is 0 Å². The van der Waals surface area contributed by atoms with Crippen molar-refractivity contribution in [2.45, 2.75) is 32.6 Å². The second kappa shape index (κ2) is 9.91. The van der Waals surface area contributed by atoms with Crippen LogP contribution in [-0.4, -0.2) is 32.0 Å². The Kier molecular flexibility index (Phi) is 7.00. The topological polar surface area (TPSA) is 141 Å². The minimum Gasteiger partial charge on any atom is -0.493 e. The van der Waals surface area contributed by atoms with Crippen LogP contribution in [0, 0.1) is 26.9 Å². The van der Waals surface area contributed by atoms with Gasteiger partial charge in [-0.15, -0.1) is 0 Å². The van der Waals surface area contributed by atoms with Gasteiger partial charge in [0.05, 0.1) is 54.5 Å². The number of nitro benzene ring substituents is 1. The number of allylic oxidation sites excluding steroid dienone is 3. The highest BCUT2D eigenvalue weighted by Gasteiger charge is 2.45. The molecular formula is C27H27ClN4O6. The lowest BCUT2D eigenvalue weighted by Crippen LogP contribution is -2.42. The number of halogens is 1. The molecule has 4 rings (SSSR count). The number of Topliss-reactive ketones (excluding diaryl/α,β-unsaturated/α-hetero) is 1. The zero-order chi connectivity index (χ0) is 27.9. The Morgan fingerprint density at radius 2 is 1.76 bits per heavy atom. The molecule has 2 aromatic carbocycles. The van der Waals surface area contributed by atoms with Crippen molar-refractivity contribution < 1.29 is 23.9 Å². The molecule has 0 saturated carbocycles. The number of carbonyl (C=O) groups excluding carboxylic acids is 1. The fourth-order valence-electron chi connectivity index (χ4n) is 5.18. The molecule has 0 bridgehead atoms. The molecular weight excluding hydrogens is 512 g/mol. The van der Waals surface area contributed by atoms with E-state index in [9.17, 15) is 20.2 Å².